The smallest absolute Gasteiger partial charge is 0.253 e. The van der Waals surface area contributed by atoms with Gasteiger partial charge in [-0.2, -0.15) is 0 Å². The van der Waals surface area contributed by atoms with E-state index in [1.54, 1.807) is 11.3 Å². The van der Waals surface area contributed by atoms with Gasteiger partial charge in [0.05, 0.1) is 11.8 Å². The van der Waals surface area contributed by atoms with Crippen LogP contribution in [-0.2, 0) is 11.2 Å². The molecule has 5 aromatic rings. The Hall–Kier alpha value is -3.48. The quantitative estimate of drug-likeness (QED) is 0.263. The molecule has 0 spiro atoms. The van der Waals surface area contributed by atoms with Gasteiger partial charge in [0.2, 0.25) is 0 Å². The molecule has 1 amide bonds. The molecule has 1 saturated heterocycles. The Morgan fingerprint density at radius 3 is 2.75 bits per heavy atom. The summed E-state index contributed by atoms with van der Waals surface area (Å²) >= 11 is 1.65. The molecule has 36 heavy (non-hydrogen) atoms. The third-order valence-corrected chi connectivity index (χ3v) is 7.89. The summed E-state index contributed by atoms with van der Waals surface area (Å²) < 4.78 is 8.07. The molecule has 0 radical (unpaired) electrons. The van der Waals surface area contributed by atoms with E-state index in [4.69, 9.17) is 9.72 Å². The summed E-state index contributed by atoms with van der Waals surface area (Å²) in [4.78, 5) is 21.5. The van der Waals surface area contributed by atoms with Crippen LogP contribution >= 0.6 is 11.3 Å². The standard InChI is InChI=1S/C30H29N3O2S/c1-21-8-10-23(11-9-21)28-19-33-26(20-36-30(33)31-28)14-15-32(18-27-7-4-16-35-27)29(34)25-13-12-22-5-2-3-6-24(22)17-25/h2-3,5-6,8-13,17,19-20,27H,4,7,14-16,18H2,1H3. The number of thiazole rings is 1. The van der Waals surface area contributed by atoms with Crippen LogP contribution in [0.5, 0.6) is 0 Å². The van der Waals surface area contributed by atoms with Crippen LogP contribution in [0.25, 0.3) is 27.0 Å². The molecule has 3 heterocycles. The molecule has 1 unspecified atom stereocenters. The second-order valence-corrected chi connectivity index (χ2v) is 10.4. The van der Waals surface area contributed by atoms with Gasteiger partial charge >= 0.3 is 0 Å². The monoisotopic (exact) mass is 495 g/mol. The molecule has 2 aromatic heterocycles. The number of hydrogen-bond acceptors (Lipinski definition) is 4. The number of aromatic nitrogens is 2. The van der Waals surface area contributed by atoms with Crippen molar-refractivity contribution in [1.82, 2.24) is 14.3 Å². The molecular weight excluding hydrogens is 466 g/mol. The van der Waals surface area contributed by atoms with Crippen LogP contribution in [0.2, 0.25) is 0 Å². The highest BCUT2D eigenvalue weighted by atomic mass is 32.1. The predicted molar refractivity (Wildman–Crippen MR) is 146 cm³/mol. The zero-order chi connectivity index (χ0) is 24.5. The van der Waals surface area contributed by atoms with Crippen LogP contribution < -0.4 is 0 Å². The number of carbonyl (C=O) groups is 1. The Kier molecular flexibility index (Phi) is 6.30. The van der Waals surface area contributed by atoms with Crippen molar-refractivity contribution in [2.45, 2.75) is 32.3 Å². The second-order valence-electron chi connectivity index (χ2n) is 9.57. The van der Waals surface area contributed by atoms with Crippen molar-refractivity contribution < 1.29 is 9.53 Å². The summed E-state index contributed by atoms with van der Waals surface area (Å²) in [6, 6.07) is 22.6. The van der Waals surface area contributed by atoms with Gasteiger partial charge in [-0.15, -0.1) is 11.3 Å². The van der Waals surface area contributed by atoms with Gasteiger partial charge in [-0.05, 0) is 42.7 Å². The number of imidazole rings is 1. The van der Waals surface area contributed by atoms with E-state index in [-0.39, 0.29) is 12.0 Å². The number of carbonyl (C=O) groups excluding carboxylic acids is 1. The normalized spacial score (nSPS) is 15.6. The highest BCUT2D eigenvalue weighted by molar-refractivity contribution is 7.15. The Balaban J connectivity index is 1.24. The zero-order valence-electron chi connectivity index (χ0n) is 20.4. The van der Waals surface area contributed by atoms with Crippen molar-refractivity contribution in [2.75, 3.05) is 19.7 Å². The average Bonchev–Trinajstić information content (AvgIpc) is 3.65. The summed E-state index contributed by atoms with van der Waals surface area (Å²) in [6.45, 7) is 4.13. The van der Waals surface area contributed by atoms with Crippen molar-refractivity contribution in [3.8, 4) is 11.3 Å². The third-order valence-electron chi connectivity index (χ3n) is 7.00. The molecule has 5 nitrogen and oxygen atoms in total. The maximum atomic E-state index is 13.7. The van der Waals surface area contributed by atoms with Crippen molar-refractivity contribution in [3.05, 3.63) is 95.1 Å². The number of fused-ring (bicyclic) bond motifs is 2. The van der Waals surface area contributed by atoms with Crippen LogP contribution in [0, 0.1) is 6.92 Å². The second kappa shape index (κ2) is 9.88. The van der Waals surface area contributed by atoms with E-state index in [2.05, 4.69) is 59.3 Å². The lowest BCUT2D eigenvalue weighted by molar-refractivity contribution is 0.0528. The molecule has 6 rings (SSSR count). The summed E-state index contributed by atoms with van der Waals surface area (Å²) in [6.07, 6.45) is 5.05. The van der Waals surface area contributed by atoms with Crippen molar-refractivity contribution >= 4 is 33.0 Å². The van der Waals surface area contributed by atoms with Crippen molar-refractivity contribution in [2.24, 2.45) is 0 Å². The van der Waals surface area contributed by atoms with Crippen LogP contribution in [-0.4, -0.2) is 46.0 Å². The molecule has 1 fully saturated rings. The van der Waals surface area contributed by atoms with Gasteiger partial charge in [-0.3, -0.25) is 9.20 Å². The fraction of sp³-hybridized carbons (Fsp3) is 0.267. The van der Waals surface area contributed by atoms with Gasteiger partial charge in [0.1, 0.15) is 0 Å². The maximum absolute atomic E-state index is 13.7. The minimum Gasteiger partial charge on any atom is -0.376 e. The molecule has 1 atom stereocenters. The van der Waals surface area contributed by atoms with Crippen LogP contribution in [0.3, 0.4) is 0 Å². The summed E-state index contributed by atoms with van der Waals surface area (Å²) in [5, 5.41) is 4.39. The molecule has 0 N–H and O–H groups in total. The lowest BCUT2D eigenvalue weighted by atomic mass is 10.1. The highest BCUT2D eigenvalue weighted by Crippen LogP contribution is 2.25. The molecule has 6 heteroatoms. The van der Waals surface area contributed by atoms with E-state index in [1.807, 2.05) is 35.2 Å². The lowest BCUT2D eigenvalue weighted by Crippen LogP contribution is -2.38. The summed E-state index contributed by atoms with van der Waals surface area (Å²) in [5.41, 5.74) is 5.24. The van der Waals surface area contributed by atoms with Gasteiger partial charge in [0.25, 0.3) is 5.91 Å². The molecule has 0 saturated carbocycles. The predicted octanol–water partition coefficient (Wildman–Crippen LogP) is 6.39. The number of ether oxygens (including phenoxy) is 1. The molecule has 1 aliphatic heterocycles. The largest absolute Gasteiger partial charge is 0.376 e. The van der Waals surface area contributed by atoms with E-state index in [0.717, 1.165) is 58.4 Å². The maximum Gasteiger partial charge on any atom is 0.253 e. The fourth-order valence-corrected chi connectivity index (χ4v) is 5.84. The van der Waals surface area contributed by atoms with Crippen molar-refractivity contribution in [3.63, 3.8) is 0 Å². The zero-order valence-corrected chi connectivity index (χ0v) is 21.2. The first kappa shape index (κ1) is 23.0. The molecule has 3 aromatic carbocycles. The SMILES string of the molecule is Cc1ccc(-c2cn3c(CCN(CC4CCCO4)C(=O)c4ccc5ccccc5c4)csc3n2)cc1. The fourth-order valence-electron chi connectivity index (χ4n) is 4.94. The van der Waals surface area contributed by atoms with Crippen LogP contribution in [0.4, 0.5) is 0 Å². The van der Waals surface area contributed by atoms with Crippen LogP contribution in [0.1, 0.15) is 34.5 Å². The Morgan fingerprint density at radius 1 is 1.11 bits per heavy atom. The topological polar surface area (TPSA) is 46.8 Å². The molecule has 0 bridgehead atoms. The van der Waals surface area contributed by atoms with Gasteiger partial charge in [0, 0.05) is 54.5 Å². The first-order valence-corrected chi connectivity index (χ1v) is 13.4. The molecular formula is C30H29N3O2S. The first-order chi connectivity index (χ1) is 17.6. The van der Waals surface area contributed by atoms with E-state index in [9.17, 15) is 4.79 Å². The van der Waals surface area contributed by atoms with Gasteiger partial charge < -0.3 is 9.64 Å². The Bertz CT molecular complexity index is 1510. The third kappa shape index (κ3) is 4.66. The van der Waals surface area contributed by atoms with E-state index in [1.165, 1.54) is 11.3 Å². The van der Waals surface area contributed by atoms with Gasteiger partial charge in [-0.1, -0.05) is 60.2 Å². The van der Waals surface area contributed by atoms with Crippen molar-refractivity contribution in [1.29, 1.82) is 0 Å². The number of aryl methyl sites for hydroxylation is 1. The van der Waals surface area contributed by atoms with E-state index in [0.29, 0.717) is 13.1 Å². The Labute approximate surface area is 215 Å². The van der Waals surface area contributed by atoms with E-state index < -0.39 is 0 Å². The number of amides is 1. The summed E-state index contributed by atoms with van der Waals surface area (Å²) in [7, 11) is 0. The molecule has 1 aliphatic rings. The molecule has 0 aliphatic carbocycles. The number of rotatable bonds is 7. The minimum absolute atomic E-state index is 0.0636. The number of nitrogens with zero attached hydrogens (tertiary/aromatic N) is 3. The molecule has 182 valence electrons. The Morgan fingerprint density at radius 2 is 1.94 bits per heavy atom. The average molecular weight is 496 g/mol. The minimum atomic E-state index is 0.0636. The lowest BCUT2D eigenvalue weighted by Gasteiger charge is -2.25. The first-order valence-electron chi connectivity index (χ1n) is 12.6. The van der Waals surface area contributed by atoms with Gasteiger partial charge in [0.15, 0.2) is 4.96 Å². The summed E-state index contributed by atoms with van der Waals surface area (Å²) in [5.74, 6) is 0.0636. The van der Waals surface area contributed by atoms with Crippen LogP contribution in [0.15, 0.2) is 78.3 Å². The van der Waals surface area contributed by atoms with Gasteiger partial charge in [-0.25, -0.2) is 4.98 Å². The highest BCUT2D eigenvalue weighted by Gasteiger charge is 2.24. The number of hydrogen-bond donors (Lipinski definition) is 0. The van der Waals surface area contributed by atoms with E-state index >= 15 is 0 Å². The number of benzene rings is 3.